The second-order valence-corrected chi connectivity index (χ2v) is 6.67. The summed E-state index contributed by atoms with van der Waals surface area (Å²) >= 11 is 0. The summed E-state index contributed by atoms with van der Waals surface area (Å²) in [5, 5.41) is 6.67. The summed E-state index contributed by atoms with van der Waals surface area (Å²) in [6, 6.07) is 6.13. The van der Waals surface area contributed by atoms with Crippen LogP contribution >= 0.6 is 0 Å². The van der Waals surface area contributed by atoms with E-state index in [2.05, 4.69) is 20.5 Å². The van der Waals surface area contributed by atoms with Gasteiger partial charge in [-0.3, -0.25) is 14.5 Å². The number of likely N-dealkylation sites (N-methyl/N-ethyl adjacent to an activating group) is 1. The molecule has 0 bridgehead atoms. The first kappa shape index (κ1) is 17.4. The average molecular weight is 343 g/mol. The highest BCUT2D eigenvalue weighted by Gasteiger charge is 2.31. The number of aryl methyl sites for hydroxylation is 1. The zero-order chi connectivity index (χ0) is 18.0. The largest absolute Gasteiger partial charge is 0.359 e. The lowest BCUT2D eigenvalue weighted by molar-refractivity contribution is -0.121. The molecule has 1 fully saturated rings. The van der Waals surface area contributed by atoms with Crippen molar-refractivity contribution in [1.82, 2.24) is 25.1 Å². The third-order valence-corrected chi connectivity index (χ3v) is 5.13. The van der Waals surface area contributed by atoms with E-state index in [1.54, 1.807) is 13.1 Å². The number of fused-ring (bicyclic) bond motifs is 1. The molecule has 1 aliphatic heterocycles. The Morgan fingerprint density at radius 3 is 2.72 bits per heavy atom. The fourth-order valence-corrected chi connectivity index (χ4v) is 3.46. The van der Waals surface area contributed by atoms with E-state index >= 15 is 0 Å². The zero-order valence-corrected chi connectivity index (χ0v) is 15.0. The van der Waals surface area contributed by atoms with Crippen LogP contribution in [0.25, 0.3) is 11.0 Å². The summed E-state index contributed by atoms with van der Waals surface area (Å²) in [6.45, 7) is 0.562. The monoisotopic (exact) mass is 343 g/mol. The van der Waals surface area contributed by atoms with E-state index in [1.165, 1.54) is 0 Å². The molecule has 3 rings (SSSR count). The Morgan fingerprint density at radius 2 is 1.96 bits per heavy atom. The van der Waals surface area contributed by atoms with Crippen LogP contribution in [0.15, 0.2) is 24.4 Å². The van der Waals surface area contributed by atoms with Crippen LogP contribution in [0.4, 0.5) is 0 Å². The van der Waals surface area contributed by atoms with Gasteiger partial charge in [0, 0.05) is 50.7 Å². The number of carbonyl (C=O) groups is 2. The smallest absolute Gasteiger partial charge is 0.270 e. The van der Waals surface area contributed by atoms with Crippen LogP contribution in [0, 0.1) is 0 Å². The van der Waals surface area contributed by atoms with Crippen molar-refractivity contribution in [3.63, 3.8) is 0 Å². The van der Waals surface area contributed by atoms with Crippen molar-refractivity contribution in [3.05, 3.63) is 30.1 Å². The van der Waals surface area contributed by atoms with Crippen molar-refractivity contribution >= 4 is 22.8 Å². The Morgan fingerprint density at radius 1 is 1.20 bits per heavy atom. The van der Waals surface area contributed by atoms with Gasteiger partial charge in [0.15, 0.2) is 0 Å². The number of amides is 2. The maximum absolute atomic E-state index is 12.4. The maximum atomic E-state index is 12.4. The molecule has 0 spiro atoms. The van der Waals surface area contributed by atoms with Gasteiger partial charge in [0.1, 0.15) is 11.3 Å². The molecular weight excluding hydrogens is 318 g/mol. The van der Waals surface area contributed by atoms with E-state index in [4.69, 9.17) is 0 Å². The van der Waals surface area contributed by atoms with Crippen molar-refractivity contribution in [3.8, 4) is 0 Å². The van der Waals surface area contributed by atoms with E-state index in [0.717, 1.165) is 23.9 Å². The summed E-state index contributed by atoms with van der Waals surface area (Å²) in [5.74, 6) is -0.104. The molecule has 7 nitrogen and oxygen atoms in total. The third-order valence-electron chi connectivity index (χ3n) is 5.13. The molecule has 134 valence electrons. The predicted molar refractivity (Wildman–Crippen MR) is 96.3 cm³/mol. The van der Waals surface area contributed by atoms with Gasteiger partial charge in [-0.05, 0) is 38.1 Å². The minimum absolute atomic E-state index is 0.0570. The van der Waals surface area contributed by atoms with Crippen LogP contribution in [0.1, 0.15) is 29.8 Å². The molecule has 2 amide bonds. The lowest BCUT2D eigenvalue weighted by atomic mass is 10.1. The summed E-state index contributed by atoms with van der Waals surface area (Å²) in [7, 11) is 5.59. The van der Waals surface area contributed by atoms with Gasteiger partial charge in [-0.25, -0.2) is 4.98 Å². The molecule has 0 unspecified atom stereocenters. The molecule has 1 saturated heterocycles. The van der Waals surface area contributed by atoms with Crippen molar-refractivity contribution in [1.29, 1.82) is 0 Å². The predicted octanol–water partition coefficient (Wildman–Crippen LogP) is 0.902. The minimum atomic E-state index is -0.161. The molecule has 0 saturated carbocycles. The fraction of sp³-hybridized carbons (Fsp3) is 0.500. The van der Waals surface area contributed by atoms with Gasteiger partial charge in [-0.2, -0.15) is 0 Å². The minimum Gasteiger partial charge on any atom is -0.359 e. The molecule has 0 radical (unpaired) electrons. The van der Waals surface area contributed by atoms with Gasteiger partial charge in [0.25, 0.3) is 5.91 Å². The number of likely N-dealkylation sites (tertiary alicyclic amines) is 1. The summed E-state index contributed by atoms with van der Waals surface area (Å²) in [5.41, 5.74) is 1.23. The number of pyridine rings is 1. The number of rotatable bonds is 5. The first-order chi connectivity index (χ1) is 12.0. The molecule has 0 aliphatic carbocycles. The standard InChI is InChI=1S/C18H25N5O2/c1-19-16(24)10-13-5-6-14(23(13)3)11-20-18(25)15-7-4-12-8-9-22(2)17(12)21-15/h4,7-9,13-14H,5-6,10-11H2,1-3H3,(H,19,24)(H,20,25)/t13-,14+/m1/s1. The van der Waals surface area contributed by atoms with Crippen LogP contribution in [0.5, 0.6) is 0 Å². The maximum Gasteiger partial charge on any atom is 0.270 e. The molecule has 2 aromatic heterocycles. The molecule has 2 atom stereocenters. The highest BCUT2D eigenvalue weighted by atomic mass is 16.2. The van der Waals surface area contributed by atoms with Crippen molar-refractivity contribution < 1.29 is 9.59 Å². The van der Waals surface area contributed by atoms with E-state index in [-0.39, 0.29) is 23.9 Å². The Balaban J connectivity index is 1.58. The van der Waals surface area contributed by atoms with Crippen LogP contribution in [0.3, 0.4) is 0 Å². The van der Waals surface area contributed by atoms with E-state index in [1.807, 2.05) is 37.0 Å². The number of carbonyl (C=O) groups excluding carboxylic acids is 2. The van der Waals surface area contributed by atoms with E-state index in [9.17, 15) is 9.59 Å². The zero-order valence-electron chi connectivity index (χ0n) is 15.0. The summed E-state index contributed by atoms with van der Waals surface area (Å²) < 4.78 is 1.90. The van der Waals surface area contributed by atoms with Crippen LogP contribution in [-0.2, 0) is 11.8 Å². The lowest BCUT2D eigenvalue weighted by Crippen LogP contribution is -2.42. The quantitative estimate of drug-likeness (QED) is 0.845. The van der Waals surface area contributed by atoms with Crippen LogP contribution in [-0.4, -0.2) is 59.0 Å². The Labute approximate surface area is 147 Å². The molecule has 0 aromatic carbocycles. The topological polar surface area (TPSA) is 79.3 Å². The van der Waals surface area contributed by atoms with E-state index in [0.29, 0.717) is 18.7 Å². The van der Waals surface area contributed by atoms with E-state index < -0.39 is 0 Å². The van der Waals surface area contributed by atoms with Gasteiger partial charge in [-0.1, -0.05) is 0 Å². The number of hydrogen-bond donors (Lipinski definition) is 2. The SMILES string of the molecule is CNC(=O)C[C@H]1CC[C@@H](CNC(=O)c2ccc3ccn(C)c3n2)N1C. The van der Waals surface area contributed by atoms with Gasteiger partial charge in [-0.15, -0.1) is 0 Å². The third kappa shape index (κ3) is 3.66. The van der Waals surface area contributed by atoms with Crippen molar-refractivity contribution in [2.45, 2.75) is 31.3 Å². The lowest BCUT2D eigenvalue weighted by Gasteiger charge is -2.25. The number of nitrogens with zero attached hydrogens (tertiary/aromatic N) is 3. The van der Waals surface area contributed by atoms with Gasteiger partial charge < -0.3 is 15.2 Å². The first-order valence-electron chi connectivity index (χ1n) is 8.62. The van der Waals surface area contributed by atoms with Crippen molar-refractivity contribution in [2.75, 3.05) is 20.6 Å². The number of nitrogens with one attached hydrogen (secondary N) is 2. The second kappa shape index (κ2) is 7.23. The number of aromatic nitrogens is 2. The summed E-state index contributed by atoms with van der Waals surface area (Å²) in [4.78, 5) is 30.6. The molecule has 2 aromatic rings. The second-order valence-electron chi connectivity index (χ2n) is 6.67. The molecule has 2 N–H and O–H groups in total. The Kier molecular flexibility index (Phi) is 5.03. The Hall–Kier alpha value is -2.41. The first-order valence-corrected chi connectivity index (χ1v) is 8.62. The summed E-state index contributed by atoms with van der Waals surface area (Å²) in [6.07, 6.45) is 4.38. The normalized spacial score (nSPS) is 20.8. The van der Waals surface area contributed by atoms with Gasteiger partial charge >= 0.3 is 0 Å². The van der Waals surface area contributed by atoms with Crippen LogP contribution in [0.2, 0.25) is 0 Å². The van der Waals surface area contributed by atoms with Gasteiger partial charge in [0.2, 0.25) is 5.91 Å². The van der Waals surface area contributed by atoms with Gasteiger partial charge in [0.05, 0.1) is 0 Å². The molecular formula is C18H25N5O2. The molecule has 7 heteroatoms. The fourth-order valence-electron chi connectivity index (χ4n) is 3.46. The average Bonchev–Trinajstić information content (AvgIpc) is 3.16. The molecule has 3 heterocycles. The Bertz CT molecular complexity index is 785. The highest BCUT2D eigenvalue weighted by Crippen LogP contribution is 2.24. The molecule has 25 heavy (non-hydrogen) atoms. The van der Waals surface area contributed by atoms with Crippen molar-refractivity contribution in [2.24, 2.45) is 7.05 Å². The van der Waals surface area contributed by atoms with Crippen LogP contribution < -0.4 is 10.6 Å². The highest BCUT2D eigenvalue weighted by molar-refractivity contribution is 5.94. The number of hydrogen-bond acceptors (Lipinski definition) is 4. The molecule has 1 aliphatic rings.